The Morgan fingerprint density at radius 3 is 2.56 bits per heavy atom. The first-order chi connectivity index (χ1) is 13.2. The summed E-state index contributed by atoms with van der Waals surface area (Å²) in [6.45, 7) is 0. The number of hydrogen-bond acceptors (Lipinski definition) is 4. The fourth-order valence-corrected chi connectivity index (χ4v) is 3.58. The van der Waals surface area contributed by atoms with Gasteiger partial charge in [0.1, 0.15) is 11.6 Å². The van der Waals surface area contributed by atoms with E-state index in [-0.39, 0.29) is 11.3 Å². The normalized spacial score (nSPS) is 10.9. The van der Waals surface area contributed by atoms with Crippen LogP contribution in [0.4, 0.5) is 8.78 Å². The average molecular weight is 380 g/mol. The molecule has 0 radical (unpaired) electrons. The number of aromatic nitrogens is 4. The van der Waals surface area contributed by atoms with Gasteiger partial charge in [-0.05, 0) is 42.5 Å². The maximum absolute atomic E-state index is 13.9. The lowest BCUT2D eigenvalue weighted by Gasteiger charge is -2.10. The number of nitrogens with zero attached hydrogens (tertiary/aromatic N) is 4. The zero-order valence-electron chi connectivity index (χ0n) is 14.1. The van der Waals surface area contributed by atoms with Gasteiger partial charge in [-0.3, -0.25) is 9.55 Å². The summed E-state index contributed by atoms with van der Waals surface area (Å²) >= 11 is 1.30. The maximum atomic E-state index is 13.9. The molecule has 4 aromatic rings. The molecule has 27 heavy (non-hydrogen) atoms. The molecular formula is C20H14F2N4S. The van der Waals surface area contributed by atoms with Crippen LogP contribution in [0.5, 0.6) is 0 Å². The molecule has 2 heterocycles. The summed E-state index contributed by atoms with van der Waals surface area (Å²) in [5, 5.41) is 9.15. The van der Waals surface area contributed by atoms with Crippen molar-refractivity contribution in [2.24, 2.45) is 0 Å². The molecule has 0 saturated heterocycles. The van der Waals surface area contributed by atoms with Crippen LogP contribution >= 0.6 is 11.8 Å². The molecule has 7 heteroatoms. The number of halogens is 2. The molecule has 0 spiro atoms. The highest BCUT2D eigenvalue weighted by molar-refractivity contribution is 7.98. The van der Waals surface area contributed by atoms with Gasteiger partial charge in [-0.1, -0.05) is 30.0 Å². The standard InChI is InChI=1S/C20H14F2N4S/c21-16-8-9-18(22)15(11-16)13-27-20-25-24-19(14-5-4-10-23-12-14)26(20)17-6-2-1-3-7-17/h1-12H,13H2. The van der Waals surface area contributed by atoms with Gasteiger partial charge in [0, 0.05) is 35.0 Å². The van der Waals surface area contributed by atoms with Gasteiger partial charge in [0.15, 0.2) is 11.0 Å². The Labute approximate surface area is 158 Å². The Hall–Kier alpha value is -3.06. The van der Waals surface area contributed by atoms with Crippen LogP contribution in [0.1, 0.15) is 5.56 Å². The Bertz CT molecular complexity index is 1050. The van der Waals surface area contributed by atoms with E-state index in [4.69, 9.17) is 0 Å². The second kappa shape index (κ2) is 7.67. The summed E-state index contributed by atoms with van der Waals surface area (Å²) < 4.78 is 29.2. The van der Waals surface area contributed by atoms with Gasteiger partial charge < -0.3 is 0 Å². The van der Waals surface area contributed by atoms with Gasteiger partial charge in [-0.15, -0.1) is 10.2 Å². The highest BCUT2D eigenvalue weighted by Crippen LogP contribution is 2.30. The summed E-state index contributed by atoms with van der Waals surface area (Å²) in [7, 11) is 0. The second-order valence-electron chi connectivity index (χ2n) is 5.74. The first-order valence-electron chi connectivity index (χ1n) is 8.20. The zero-order chi connectivity index (χ0) is 18.6. The van der Waals surface area contributed by atoms with E-state index in [1.54, 1.807) is 12.4 Å². The lowest BCUT2D eigenvalue weighted by Crippen LogP contribution is -2.00. The summed E-state index contributed by atoms with van der Waals surface area (Å²) in [4.78, 5) is 4.14. The van der Waals surface area contributed by atoms with Crippen molar-refractivity contribution < 1.29 is 8.78 Å². The molecule has 0 N–H and O–H groups in total. The van der Waals surface area contributed by atoms with E-state index in [1.165, 1.54) is 17.8 Å². The summed E-state index contributed by atoms with van der Waals surface area (Å²) in [5.74, 6) is -0.0343. The van der Waals surface area contributed by atoms with Crippen molar-refractivity contribution in [3.63, 3.8) is 0 Å². The molecule has 0 fully saturated rings. The van der Waals surface area contributed by atoms with Crippen molar-refractivity contribution in [1.82, 2.24) is 19.7 Å². The molecule has 2 aromatic carbocycles. The lowest BCUT2D eigenvalue weighted by atomic mass is 10.2. The Morgan fingerprint density at radius 2 is 1.78 bits per heavy atom. The summed E-state index contributed by atoms with van der Waals surface area (Å²) in [6.07, 6.45) is 3.40. The summed E-state index contributed by atoms with van der Waals surface area (Å²) in [5.41, 5.74) is 1.98. The third-order valence-corrected chi connectivity index (χ3v) is 4.91. The first-order valence-corrected chi connectivity index (χ1v) is 9.19. The van der Waals surface area contributed by atoms with Crippen LogP contribution in [0.15, 0.2) is 78.2 Å². The van der Waals surface area contributed by atoms with Crippen molar-refractivity contribution in [1.29, 1.82) is 0 Å². The Kier molecular flexibility index (Phi) is 4.93. The van der Waals surface area contributed by atoms with Gasteiger partial charge in [0.25, 0.3) is 0 Å². The number of pyridine rings is 1. The topological polar surface area (TPSA) is 43.6 Å². The van der Waals surface area contributed by atoms with Crippen LogP contribution in [0.3, 0.4) is 0 Å². The largest absolute Gasteiger partial charge is 0.270 e. The molecule has 4 nitrogen and oxygen atoms in total. The highest BCUT2D eigenvalue weighted by Gasteiger charge is 2.17. The molecule has 2 aromatic heterocycles. The molecule has 0 atom stereocenters. The second-order valence-corrected chi connectivity index (χ2v) is 6.69. The minimum Gasteiger partial charge on any atom is -0.270 e. The van der Waals surface area contributed by atoms with E-state index in [0.717, 1.165) is 23.4 Å². The van der Waals surface area contributed by atoms with Crippen LogP contribution < -0.4 is 0 Å². The van der Waals surface area contributed by atoms with E-state index in [1.807, 2.05) is 47.0 Å². The predicted octanol–water partition coefficient (Wildman–Crippen LogP) is 4.90. The van der Waals surface area contributed by atoms with Crippen LogP contribution in [0.2, 0.25) is 0 Å². The van der Waals surface area contributed by atoms with Crippen molar-refractivity contribution in [2.75, 3.05) is 0 Å². The minimum atomic E-state index is -0.465. The molecule has 134 valence electrons. The number of para-hydroxylation sites is 1. The smallest absolute Gasteiger partial charge is 0.196 e. The van der Waals surface area contributed by atoms with Crippen LogP contribution in [-0.4, -0.2) is 19.7 Å². The Balaban J connectivity index is 1.73. The van der Waals surface area contributed by atoms with Crippen LogP contribution in [0.25, 0.3) is 17.1 Å². The van der Waals surface area contributed by atoms with Crippen molar-refractivity contribution >= 4 is 11.8 Å². The molecule has 0 amide bonds. The third-order valence-electron chi connectivity index (χ3n) is 3.93. The number of thioether (sulfide) groups is 1. The minimum absolute atomic E-state index is 0.238. The monoisotopic (exact) mass is 380 g/mol. The lowest BCUT2D eigenvalue weighted by molar-refractivity contribution is 0.591. The van der Waals surface area contributed by atoms with E-state index in [9.17, 15) is 8.78 Å². The van der Waals surface area contributed by atoms with Crippen LogP contribution in [-0.2, 0) is 5.75 Å². The fraction of sp³-hybridized carbons (Fsp3) is 0.0500. The van der Waals surface area contributed by atoms with E-state index < -0.39 is 11.6 Å². The first kappa shape index (κ1) is 17.4. The molecular weight excluding hydrogens is 366 g/mol. The third kappa shape index (κ3) is 3.73. The molecule has 0 bridgehead atoms. The average Bonchev–Trinajstić information content (AvgIpc) is 3.14. The van der Waals surface area contributed by atoms with Gasteiger partial charge in [-0.2, -0.15) is 0 Å². The van der Waals surface area contributed by atoms with Gasteiger partial charge >= 0.3 is 0 Å². The molecule has 4 rings (SSSR count). The molecule has 0 unspecified atom stereocenters. The number of hydrogen-bond donors (Lipinski definition) is 0. The number of rotatable bonds is 5. The van der Waals surface area contributed by atoms with Crippen molar-refractivity contribution in [3.8, 4) is 17.1 Å². The van der Waals surface area contributed by atoms with Crippen molar-refractivity contribution in [3.05, 3.63) is 90.3 Å². The molecule has 0 aliphatic carbocycles. The Morgan fingerprint density at radius 1 is 0.926 bits per heavy atom. The van der Waals surface area contributed by atoms with E-state index >= 15 is 0 Å². The molecule has 0 saturated carbocycles. The number of benzene rings is 2. The summed E-state index contributed by atoms with van der Waals surface area (Å²) in [6, 6.07) is 16.8. The van der Waals surface area contributed by atoms with E-state index in [2.05, 4.69) is 15.2 Å². The molecule has 0 aliphatic heterocycles. The van der Waals surface area contributed by atoms with Crippen molar-refractivity contribution in [2.45, 2.75) is 10.9 Å². The highest BCUT2D eigenvalue weighted by atomic mass is 32.2. The van der Waals surface area contributed by atoms with Gasteiger partial charge in [0.05, 0.1) is 0 Å². The predicted molar refractivity (Wildman–Crippen MR) is 101 cm³/mol. The van der Waals surface area contributed by atoms with Gasteiger partial charge in [0.2, 0.25) is 0 Å². The SMILES string of the molecule is Fc1ccc(F)c(CSc2nnc(-c3cccnc3)n2-c2ccccc2)c1. The van der Waals surface area contributed by atoms with E-state index in [0.29, 0.717) is 11.0 Å². The quantitative estimate of drug-likeness (QED) is 0.462. The van der Waals surface area contributed by atoms with Crippen LogP contribution in [0, 0.1) is 11.6 Å². The molecule has 0 aliphatic rings. The maximum Gasteiger partial charge on any atom is 0.196 e. The van der Waals surface area contributed by atoms with Gasteiger partial charge in [-0.25, -0.2) is 8.78 Å². The zero-order valence-corrected chi connectivity index (χ0v) is 14.9. The fourth-order valence-electron chi connectivity index (χ4n) is 2.65.